The molecule has 3 nitrogen and oxygen atoms in total. The summed E-state index contributed by atoms with van der Waals surface area (Å²) in [6.45, 7) is 11.7. The lowest BCUT2D eigenvalue weighted by molar-refractivity contribution is 0.101. The first-order valence-electron chi connectivity index (χ1n) is 8.89. The first-order chi connectivity index (χ1) is 12.0. The molecule has 0 bridgehead atoms. The van der Waals surface area contributed by atoms with Gasteiger partial charge in [0.2, 0.25) is 0 Å². The molecule has 0 aliphatic heterocycles. The molecule has 1 atom stereocenters. The predicted octanol–water partition coefficient (Wildman–Crippen LogP) is 5.68. The van der Waals surface area contributed by atoms with Crippen molar-refractivity contribution in [1.29, 1.82) is 0 Å². The number of rotatable bonds is 4. The molecule has 0 spiro atoms. The topological polar surface area (TPSA) is 48.6 Å². The van der Waals surface area contributed by atoms with Gasteiger partial charge < -0.3 is 9.97 Å². The van der Waals surface area contributed by atoms with E-state index in [9.17, 15) is 4.79 Å². The molecule has 25 heavy (non-hydrogen) atoms. The lowest BCUT2D eigenvalue weighted by Gasteiger charge is -2.17. The zero-order valence-corrected chi connectivity index (χ0v) is 16.0. The number of H-pyrrole nitrogens is 2. The Hall–Kier alpha value is -2.55. The molecule has 0 radical (unpaired) electrons. The summed E-state index contributed by atoms with van der Waals surface area (Å²) in [7, 11) is 0. The molecule has 0 fully saturated rings. The van der Waals surface area contributed by atoms with Crippen molar-refractivity contribution in [3.8, 4) is 0 Å². The van der Waals surface area contributed by atoms with Crippen molar-refractivity contribution in [2.75, 3.05) is 0 Å². The smallest absolute Gasteiger partial charge is 0.161 e. The summed E-state index contributed by atoms with van der Waals surface area (Å²) < 4.78 is 0. The summed E-state index contributed by atoms with van der Waals surface area (Å²) in [4.78, 5) is 18.7. The number of nitrogens with one attached hydrogen (secondary N) is 2. The van der Waals surface area contributed by atoms with Crippen LogP contribution < -0.4 is 0 Å². The van der Waals surface area contributed by atoms with Gasteiger partial charge in [0.15, 0.2) is 5.78 Å². The van der Waals surface area contributed by atoms with Crippen molar-refractivity contribution in [1.82, 2.24) is 9.97 Å². The molecule has 0 aliphatic carbocycles. The third kappa shape index (κ3) is 3.76. The highest BCUT2D eigenvalue weighted by atomic mass is 16.1. The number of hydrogen-bond donors (Lipinski definition) is 2. The molecule has 2 N–H and O–H groups in total. The molecule has 0 aliphatic rings. The number of carbonyl (C=O) groups excluding carboxylic acids is 1. The quantitative estimate of drug-likeness (QED) is 0.592. The average Bonchev–Trinajstić information content (AvgIpc) is 3.20. The normalized spacial score (nSPS) is 11.6. The fourth-order valence-corrected chi connectivity index (χ4v) is 3.38. The maximum atomic E-state index is 12.0. The minimum atomic E-state index is 0.0670. The Morgan fingerprint density at radius 2 is 1.64 bits per heavy atom. The average molecular weight is 336 g/mol. The van der Waals surface area contributed by atoms with Crippen LogP contribution in [-0.4, -0.2) is 15.8 Å². The standard InChI is InChI=1S/C20H22N2O.C2H6/c1-12-7-9-16(10-8-12)19(17-6-5-11-21-17)20-13(2)18(15(4)23)14(3)22-20;1-2/h5-11,19,21-22H,1-4H3;1-2H3. The number of benzene rings is 1. The Morgan fingerprint density at radius 1 is 1.00 bits per heavy atom. The van der Waals surface area contributed by atoms with Gasteiger partial charge in [0.05, 0.1) is 5.92 Å². The van der Waals surface area contributed by atoms with Crippen LogP contribution in [0.4, 0.5) is 0 Å². The summed E-state index contributed by atoms with van der Waals surface area (Å²) in [6, 6.07) is 12.7. The van der Waals surface area contributed by atoms with Crippen LogP contribution in [0.5, 0.6) is 0 Å². The summed E-state index contributed by atoms with van der Waals surface area (Å²) in [6.07, 6.45) is 1.94. The molecule has 0 amide bonds. The predicted molar refractivity (Wildman–Crippen MR) is 105 cm³/mol. The second kappa shape index (κ2) is 8.02. The Bertz CT molecular complexity index is 824. The molecule has 2 aromatic heterocycles. The monoisotopic (exact) mass is 336 g/mol. The summed E-state index contributed by atoms with van der Waals surface area (Å²) in [5.41, 5.74) is 7.43. The third-order valence-corrected chi connectivity index (χ3v) is 4.46. The molecule has 1 unspecified atom stereocenters. The van der Waals surface area contributed by atoms with Gasteiger partial charge >= 0.3 is 0 Å². The van der Waals surface area contributed by atoms with E-state index in [4.69, 9.17) is 0 Å². The van der Waals surface area contributed by atoms with Gasteiger partial charge in [-0.1, -0.05) is 43.7 Å². The van der Waals surface area contributed by atoms with Crippen LogP contribution >= 0.6 is 0 Å². The molecule has 3 aromatic rings. The highest BCUT2D eigenvalue weighted by molar-refractivity contribution is 5.97. The number of aryl methyl sites for hydroxylation is 2. The Balaban J connectivity index is 0.00000109. The van der Waals surface area contributed by atoms with E-state index in [-0.39, 0.29) is 11.7 Å². The van der Waals surface area contributed by atoms with Gasteiger partial charge in [0, 0.05) is 28.8 Å². The summed E-state index contributed by atoms with van der Waals surface area (Å²) in [5.74, 6) is 0.175. The van der Waals surface area contributed by atoms with Crippen molar-refractivity contribution in [2.45, 2.75) is 47.5 Å². The minimum absolute atomic E-state index is 0.0670. The number of ketones is 1. The van der Waals surface area contributed by atoms with E-state index in [0.29, 0.717) is 0 Å². The van der Waals surface area contributed by atoms with E-state index in [1.165, 1.54) is 11.1 Å². The van der Waals surface area contributed by atoms with Gasteiger partial charge in [-0.25, -0.2) is 0 Å². The van der Waals surface area contributed by atoms with Crippen molar-refractivity contribution < 1.29 is 4.79 Å². The van der Waals surface area contributed by atoms with Gasteiger partial charge in [0.25, 0.3) is 0 Å². The molecule has 0 saturated heterocycles. The third-order valence-electron chi connectivity index (χ3n) is 4.46. The van der Waals surface area contributed by atoms with Gasteiger partial charge in [0.1, 0.15) is 0 Å². The SMILES string of the molecule is CC.CC(=O)c1c(C)[nH]c(C(c2ccc(C)cc2)c2ccc[nH]2)c1C. The Labute approximate surface area is 150 Å². The molecule has 2 heterocycles. The number of carbonyl (C=O) groups is 1. The van der Waals surface area contributed by atoms with Crippen LogP contribution in [0.2, 0.25) is 0 Å². The lowest BCUT2D eigenvalue weighted by Crippen LogP contribution is -2.06. The fourth-order valence-electron chi connectivity index (χ4n) is 3.38. The van der Waals surface area contributed by atoms with Crippen molar-refractivity contribution >= 4 is 5.78 Å². The number of Topliss-reactive ketones (excluding diaryl/α,β-unsaturated/α-hetero) is 1. The largest absolute Gasteiger partial charge is 0.364 e. The van der Waals surface area contributed by atoms with Crippen LogP contribution in [0.1, 0.15) is 70.8 Å². The maximum Gasteiger partial charge on any atom is 0.161 e. The zero-order valence-electron chi connectivity index (χ0n) is 16.0. The van der Waals surface area contributed by atoms with Crippen molar-refractivity contribution in [2.24, 2.45) is 0 Å². The highest BCUT2D eigenvalue weighted by Crippen LogP contribution is 2.34. The zero-order chi connectivity index (χ0) is 18.6. The van der Waals surface area contributed by atoms with E-state index < -0.39 is 0 Å². The van der Waals surface area contributed by atoms with Crippen LogP contribution in [0, 0.1) is 20.8 Å². The van der Waals surface area contributed by atoms with Gasteiger partial charge in [-0.3, -0.25) is 4.79 Å². The maximum absolute atomic E-state index is 12.0. The molecule has 0 saturated carbocycles. The van der Waals surface area contributed by atoms with Crippen LogP contribution in [0.3, 0.4) is 0 Å². The van der Waals surface area contributed by atoms with Crippen molar-refractivity contribution in [3.05, 3.63) is 81.9 Å². The summed E-state index contributed by atoms with van der Waals surface area (Å²) >= 11 is 0. The number of hydrogen-bond acceptors (Lipinski definition) is 1. The Morgan fingerprint density at radius 3 is 2.12 bits per heavy atom. The van der Waals surface area contributed by atoms with E-state index in [1.807, 2.05) is 40.0 Å². The number of aromatic amines is 2. The van der Waals surface area contributed by atoms with E-state index in [1.54, 1.807) is 6.92 Å². The van der Waals surface area contributed by atoms with E-state index in [0.717, 1.165) is 28.2 Å². The molecule has 3 heteroatoms. The van der Waals surface area contributed by atoms with Crippen LogP contribution in [0.15, 0.2) is 42.6 Å². The number of aromatic nitrogens is 2. The second-order valence-electron chi connectivity index (χ2n) is 6.19. The first-order valence-corrected chi connectivity index (χ1v) is 8.89. The van der Waals surface area contributed by atoms with E-state index >= 15 is 0 Å². The molecular formula is C22H28N2O. The van der Waals surface area contributed by atoms with Gasteiger partial charge in [-0.05, 0) is 51.0 Å². The lowest BCUT2D eigenvalue weighted by atomic mass is 9.89. The fraction of sp³-hybridized carbons (Fsp3) is 0.318. The second-order valence-corrected chi connectivity index (χ2v) is 6.19. The van der Waals surface area contributed by atoms with Gasteiger partial charge in [-0.2, -0.15) is 0 Å². The highest BCUT2D eigenvalue weighted by Gasteiger charge is 2.25. The molecular weight excluding hydrogens is 308 g/mol. The molecule has 132 valence electrons. The molecule has 3 rings (SSSR count). The minimum Gasteiger partial charge on any atom is -0.364 e. The van der Waals surface area contributed by atoms with Crippen LogP contribution in [-0.2, 0) is 0 Å². The first kappa shape index (κ1) is 18.8. The van der Waals surface area contributed by atoms with E-state index in [2.05, 4.69) is 47.2 Å². The summed E-state index contributed by atoms with van der Waals surface area (Å²) in [5, 5.41) is 0. The van der Waals surface area contributed by atoms with Crippen molar-refractivity contribution in [3.63, 3.8) is 0 Å². The Kier molecular flexibility index (Phi) is 6.02. The molecule has 1 aromatic carbocycles. The van der Waals surface area contributed by atoms with Gasteiger partial charge in [-0.15, -0.1) is 0 Å². The van der Waals surface area contributed by atoms with Crippen LogP contribution in [0.25, 0.3) is 0 Å².